The number of nitrogens with two attached hydrogens (primary N) is 1. The van der Waals surface area contributed by atoms with Crippen molar-refractivity contribution in [2.24, 2.45) is 5.73 Å². The van der Waals surface area contributed by atoms with E-state index in [0.717, 1.165) is 12.1 Å². The topological polar surface area (TPSA) is 81.9 Å². The minimum atomic E-state index is -4.43. The third-order valence-corrected chi connectivity index (χ3v) is 4.66. The summed E-state index contributed by atoms with van der Waals surface area (Å²) in [5.41, 5.74) is 4.70. The molecule has 9 heteroatoms. The fourth-order valence-electron chi connectivity index (χ4n) is 3.17. The van der Waals surface area contributed by atoms with Gasteiger partial charge in [0.15, 0.2) is 6.61 Å². The van der Waals surface area contributed by atoms with Crippen molar-refractivity contribution in [2.45, 2.75) is 25.1 Å². The van der Waals surface area contributed by atoms with Crippen LogP contribution in [0, 0.1) is 0 Å². The molecule has 2 aromatic carbocycles. The van der Waals surface area contributed by atoms with E-state index in [9.17, 15) is 22.8 Å². The van der Waals surface area contributed by atoms with Crippen LogP contribution in [0.5, 0.6) is 11.5 Å². The minimum Gasteiger partial charge on any atom is -0.490 e. The van der Waals surface area contributed by atoms with Crippen molar-refractivity contribution in [1.82, 2.24) is 4.90 Å². The van der Waals surface area contributed by atoms with E-state index >= 15 is 0 Å². The fraction of sp³-hybridized carbons (Fsp3) is 0.333. The van der Waals surface area contributed by atoms with E-state index in [1.54, 1.807) is 23.1 Å². The van der Waals surface area contributed by atoms with Gasteiger partial charge in [-0.15, -0.1) is 0 Å². The molecule has 0 spiro atoms. The Kier molecular flexibility index (Phi) is 6.49. The van der Waals surface area contributed by atoms with Gasteiger partial charge in [0.1, 0.15) is 17.6 Å². The van der Waals surface area contributed by atoms with Crippen molar-refractivity contribution in [3.8, 4) is 11.5 Å². The summed E-state index contributed by atoms with van der Waals surface area (Å²) in [6, 6.07) is 11.2. The predicted octanol–water partition coefficient (Wildman–Crippen LogP) is 3.25. The van der Waals surface area contributed by atoms with Crippen LogP contribution in [0.15, 0.2) is 48.5 Å². The summed E-state index contributed by atoms with van der Waals surface area (Å²) >= 11 is 0. The summed E-state index contributed by atoms with van der Waals surface area (Å²) in [6.07, 6.45) is -3.70. The number of hydrogen-bond acceptors (Lipinski definition) is 4. The Bertz CT molecular complexity index is 909. The quantitative estimate of drug-likeness (QED) is 0.775. The van der Waals surface area contributed by atoms with Crippen LogP contribution in [0.25, 0.3) is 0 Å². The lowest BCUT2D eigenvalue weighted by Crippen LogP contribution is -2.41. The summed E-state index contributed by atoms with van der Waals surface area (Å²) < 4.78 is 49.4. The van der Waals surface area contributed by atoms with Crippen molar-refractivity contribution in [3.05, 3.63) is 59.7 Å². The maximum atomic E-state index is 12.8. The molecule has 1 saturated heterocycles. The highest BCUT2D eigenvalue weighted by atomic mass is 19.4. The second-order valence-electron chi connectivity index (χ2n) is 6.92. The van der Waals surface area contributed by atoms with E-state index in [2.05, 4.69) is 0 Å². The summed E-state index contributed by atoms with van der Waals surface area (Å²) in [5, 5.41) is 0. The molecule has 1 aliphatic rings. The van der Waals surface area contributed by atoms with Gasteiger partial charge >= 0.3 is 6.18 Å². The molecule has 160 valence electrons. The van der Waals surface area contributed by atoms with Gasteiger partial charge in [-0.2, -0.15) is 13.2 Å². The third-order valence-electron chi connectivity index (χ3n) is 4.66. The molecule has 0 bridgehead atoms. The second-order valence-corrected chi connectivity index (χ2v) is 6.92. The molecule has 1 fully saturated rings. The van der Waals surface area contributed by atoms with Gasteiger partial charge in [0.05, 0.1) is 5.56 Å². The predicted molar refractivity (Wildman–Crippen MR) is 102 cm³/mol. The standard InChI is InChI=1S/C21H21F3N2O4/c22-21(23,24)15-4-2-6-18(12-15)30-16-7-9-26(10-8-16)20(28)14-3-1-5-17(11-14)29-13-19(25)27/h1-6,11-12,16H,7-10,13H2,(H2,25,27). The van der Waals surface area contributed by atoms with Gasteiger partial charge in [-0.1, -0.05) is 12.1 Å². The average molecular weight is 422 g/mol. The second kappa shape index (κ2) is 9.06. The monoisotopic (exact) mass is 422 g/mol. The molecular formula is C21H21F3N2O4. The number of primary amides is 1. The maximum Gasteiger partial charge on any atom is 0.416 e. The van der Waals surface area contributed by atoms with Crippen molar-refractivity contribution >= 4 is 11.8 Å². The Morgan fingerprint density at radius 2 is 1.70 bits per heavy atom. The van der Waals surface area contributed by atoms with Gasteiger partial charge in [-0.25, -0.2) is 0 Å². The number of nitrogens with zero attached hydrogens (tertiary/aromatic N) is 1. The van der Waals surface area contributed by atoms with E-state index in [1.165, 1.54) is 18.2 Å². The van der Waals surface area contributed by atoms with Crippen LogP contribution in [0.4, 0.5) is 13.2 Å². The first-order chi connectivity index (χ1) is 14.2. The van der Waals surface area contributed by atoms with Crippen LogP contribution in [0.3, 0.4) is 0 Å². The highest BCUT2D eigenvalue weighted by Gasteiger charge is 2.31. The zero-order chi connectivity index (χ0) is 21.7. The van der Waals surface area contributed by atoms with Gasteiger partial charge in [0.2, 0.25) is 0 Å². The third kappa shape index (κ3) is 5.65. The normalized spacial score (nSPS) is 15.0. The highest BCUT2D eigenvalue weighted by Crippen LogP contribution is 2.32. The molecule has 1 aliphatic heterocycles. The van der Waals surface area contributed by atoms with E-state index in [1.807, 2.05) is 0 Å². The van der Waals surface area contributed by atoms with Crippen LogP contribution in [-0.2, 0) is 11.0 Å². The van der Waals surface area contributed by atoms with Crippen LogP contribution in [0.2, 0.25) is 0 Å². The van der Waals surface area contributed by atoms with E-state index in [0.29, 0.717) is 37.2 Å². The molecule has 2 N–H and O–H groups in total. The average Bonchev–Trinajstić information content (AvgIpc) is 2.72. The Hall–Kier alpha value is -3.23. The van der Waals surface area contributed by atoms with Crippen LogP contribution < -0.4 is 15.2 Å². The molecule has 0 aliphatic carbocycles. The van der Waals surface area contributed by atoms with Gasteiger partial charge < -0.3 is 20.1 Å². The molecule has 0 atom stereocenters. The largest absolute Gasteiger partial charge is 0.490 e. The molecule has 0 radical (unpaired) electrons. The molecule has 0 saturated carbocycles. The van der Waals surface area contributed by atoms with Gasteiger partial charge in [-0.3, -0.25) is 9.59 Å². The molecule has 1 heterocycles. The SMILES string of the molecule is NC(=O)COc1cccc(C(=O)N2CCC(Oc3cccc(C(F)(F)F)c3)CC2)c1. The molecular weight excluding hydrogens is 401 g/mol. The Balaban J connectivity index is 1.56. The number of likely N-dealkylation sites (tertiary alicyclic amines) is 1. The lowest BCUT2D eigenvalue weighted by Gasteiger charge is -2.32. The van der Waals surface area contributed by atoms with E-state index in [-0.39, 0.29) is 24.4 Å². The number of benzene rings is 2. The van der Waals surface area contributed by atoms with E-state index in [4.69, 9.17) is 15.2 Å². The first kappa shape index (κ1) is 21.5. The van der Waals surface area contributed by atoms with Crippen molar-refractivity contribution in [3.63, 3.8) is 0 Å². The Morgan fingerprint density at radius 3 is 2.37 bits per heavy atom. The number of alkyl halides is 3. The maximum absolute atomic E-state index is 12.8. The molecule has 0 unspecified atom stereocenters. The molecule has 30 heavy (non-hydrogen) atoms. The molecule has 3 rings (SSSR count). The molecule has 2 aromatic rings. The van der Waals surface area contributed by atoms with Crippen LogP contribution in [-0.4, -0.2) is 42.5 Å². The zero-order valence-corrected chi connectivity index (χ0v) is 16.0. The number of ether oxygens (including phenoxy) is 2. The summed E-state index contributed by atoms with van der Waals surface area (Å²) in [5.74, 6) is -0.289. The van der Waals surface area contributed by atoms with Gasteiger partial charge in [0, 0.05) is 31.5 Å². The number of carbonyl (C=O) groups is 2. The van der Waals surface area contributed by atoms with Gasteiger partial charge in [0.25, 0.3) is 11.8 Å². The molecule has 6 nitrogen and oxygen atoms in total. The molecule has 0 aromatic heterocycles. The molecule has 2 amide bonds. The number of amides is 2. The smallest absolute Gasteiger partial charge is 0.416 e. The summed E-state index contributed by atoms with van der Waals surface area (Å²) in [4.78, 5) is 25.2. The number of rotatable bonds is 6. The first-order valence-corrected chi connectivity index (χ1v) is 9.37. The van der Waals surface area contributed by atoms with Gasteiger partial charge in [-0.05, 0) is 36.4 Å². The van der Waals surface area contributed by atoms with Crippen molar-refractivity contribution in [2.75, 3.05) is 19.7 Å². The number of hydrogen-bond donors (Lipinski definition) is 1. The number of carbonyl (C=O) groups excluding carboxylic acids is 2. The zero-order valence-electron chi connectivity index (χ0n) is 16.0. The Labute approximate surface area is 171 Å². The van der Waals surface area contributed by atoms with E-state index < -0.39 is 17.6 Å². The Morgan fingerprint density at radius 1 is 1.03 bits per heavy atom. The first-order valence-electron chi connectivity index (χ1n) is 9.37. The minimum absolute atomic E-state index is 0.161. The summed E-state index contributed by atoms with van der Waals surface area (Å²) in [7, 11) is 0. The highest BCUT2D eigenvalue weighted by molar-refractivity contribution is 5.94. The lowest BCUT2D eigenvalue weighted by atomic mass is 10.1. The number of piperidine rings is 1. The van der Waals surface area contributed by atoms with Crippen molar-refractivity contribution < 1.29 is 32.2 Å². The number of halogens is 3. The summed E-state index contributed by atoms with van der Waals surface area (Å²) in [6.45, 7) is 0.541. The van der Waals surface area contributed by atoms with Crippen molar-refractivity contribution in [1.29, 1.82) is 0 Å². The van der Waals surface area contributed by atoms with Crippen LogP contribution >= 0.6 is 0 Å². The van der Waals surface area contributed by atoms with Crippen LogP contribution in [0.1, 0.15) is 28.8 Å². The fourth-order valence-corrected chi connectivity index (χ4v) is 3.17. The lowest BCUT2D eigenvalue weighted by molar-refractivity contribution is -0.137.